The van der Waals surface area contributed by atoms with Crippen molar-refractivity contribution in [3.05, 3.63) is 0 Å². The van der Waals surface area contributed by atoms with Gasteiger partial charge in [0.25, 0.3) is 0 Å². The van der Waals surface area contributed by atoms with E-state index in [2.05, 4.69) is 0 Å². The fourth-order valence-electron chi connectivity index (χ4n) is 3.21. The number of aliphatic carboxylic acids is 1. The van der Waals surface area contributed by atoms with Crippen LogP contribution in [0.2, 0.25) is 0 Å². The Bertz CT molecular complexity index is 383. The topological polar surface area (TPSA) is 70.1 Å². The Balaban J connectivity index is 1.71. The first kappa shape index (κ1) is 12.7. The van der Waals surface area contributed by atoms with Crippen molar-refractivity contribution in [3.8, 4) is 0 Å². The van der Waals surface area contributed by atoms with Crippen LogP contribution < -0.4 is 0 Å². The Morgan fingerprint density at radius 1 is 1.26 bits per heavy atom. The van der Waals surface area contributed by atoms with Crippen LogP contribution in [0.1, 0.15) is 32.1 Å². The summed E-state index contributed by atoms with van der Waals surface area (Å²) in [5.74, 6) is -0.934. The zero-order chi connectivity index (χ0) is 13.4. The van der Waals surface area contributed by atoms with Crippen molar-refractivity contribution < 1.29 is 19.4 Å². The Hall–Kier alpha value is -1.30. The first-order valence-corrected chi connectivity index (χ1v) is 7.07. The third-order valence-electron chi connectivity index (χ3n) is 4.27. The lowest BCUT2D eigenvalue weighted by Crippen LogP contribution is -2.56. The lowest BCUT2D eigenvalue weighted by atomic mass is 10.1. The maximum Gasteiger partial charge on any atom is 0.323 e. The number of urea groups is 1. The molecule has 6 heteroatoms. The molecule has 1 saturated heterocycles. The number of morpholine rings is 1. The van der Waals surface area contributed by atoms with E-state index >= 15 is 0 Å². The maximum absolute atomic E-state index is 12.6. The second-order valence-electron chi connectivity index (χ2n) is 5.64. The molecule has 0 bridgehead atoms. The number of carbonyl (C=O) groups is 2. The average molecular weight is 268 g/mol. The molecular weight excluding hydrogens is 248 g/mol. The minimum atomic E-state index is -0.934. The van der Waals surface area contributed by atoms with Crippen LogP contribution >= 0.6 is 0 Å². The van der Waals surface area contributed by atoms with Gasteiger partial charge in [0.1, 0.15) is 6.54 Å². The molecule has 0 aromatic heterocycles. The highest BCUT2D eigenvalue weighted by Gasteiger charge is 2.43. The van der Waals surface area contributed by atoms with E-state index in [0.29, 0.717) is 13.2 Å². The van der Waals surface area contributed by atoms with Gasteiger partial charge in [0.05, 0.1) is 18.8 Å². The number of hydrogen-bond donors (Lipinski definition) is 1. The normalized spacial score (nSPS) is 30.0. The number of hydrogen-bond acceptors (Lipinski definition) is 3. The molecule has 3 rings (SSSR count). The van der Waals surface area contributed by atoms with Crippen molar-refractivity contribution in [2.75, 3.05) is 19.7 Å². The van der Waals surface area contributed by atoms with Crippen LogP contribution in [-0.2, 0) is 9.53 Å². The summed E-state index contributed by atoms with van der Waals surface area (Å²) in [6.07, 6.45) is 5.08. The quantitative estimate of drug-likeness (QED) is 0.826. The SMILES string of the molecule is O=C(O)CN(C(=O)N1CCOC2CCCC21)C1CC1. The van der Waals surface area contributed by atoms with E-state index in [1.54, 1.807) is 0 Å². The smallest absolute Gasteiger partial charge is 0.323 e. The van der Waals surface area contributed by atoms with Gasteiger partial charge in [-0.3, -0.25) is 4.79 Å². The Morgan fingerprint density at radius 3 is 2.74 bits per heavy atom. The summed E-state index contributed by atoms with van der Waals surface area (Å²) < 4.78 is 5.69. The highest BCUT2D eigenvalue weighted by molar-refractivity contribution is 5.81. The van der Waals surface area contributed by atoms with Crippen LogP contribution in [0.4, 0.5) is 4.79 Å². The Labute approximate surface area is 112 Å². The Kier molecular flexibility index (Phi) is 3.35. The van der Waals surface area contributed by atoms with Crippen LogP contribution in [0.5, 0.6) is 0 Å². The fraction of sp³-hybridized carbons (Fsp3) is 0.846. The van der Waals surface area contributed by atoms with Crippen molar-refractivity contribution in [2.24, 2.45) is 0 Å². The van der Waals surface area contributed by atoms with Crippen molar-refractivity contribution in [1.82, 2.24) is 9.80 Å². The molecule has 0 aromatic rings. The minimum absolute atomic E-state index is 0.106. The molecule has 3 aliphatic rings. The largest absolute Gasteiger partial charge is 0.480 e. The van der Waals surface area contributed by atoms with Crippen LogP contribution in [0.25, 0.3) is 0 Å². The second-order valence-corrected chi connectivity index (χ2v) is 5.64. The van der Waals surface area contributed by atoms with E-state index in [9.17, 15) is 9.59 Å². The van der Waals surface area contributed by atoms with Gasteiger partial charge in [-0.15, -0.1) is 0 Å². The molecule has 0 spiro atoms. The number of carboxylic acid groups (broad SMARTS) is 1. The van der Waals surface area contributed by atoms with E-state index in [1.165, 1.54) is 4.90 Å². The van der Waals surface area contributed by atoms with E-state index in [-0.39, 0.29) is 30.8 Å². The van der Waals surface area contributed by atoms with Gasteiger partial charge in [-0.05, 0) is 32.1 Å². The lowest BCUT2D eigenvalue weighted by Gasteiger charge is -2.40. The molecule has 2 amide bonds. The molecule has 6 nitrogen and oxygen atoms in total. The van der Waals surface area contributed by atoms with E-state index in [1.807, 2.05) is 4.90 Å². The molecule has 2 aliphatic carbocycles. The summed E-state index contributed by atoms with van der Waals surface area (Å²) in [4.78, 5) is 26.9. The van der Waals surface area contributed by atoms with Crippen LogP contribution in [0, 0.1) is 0 Å². The van der Waals surface area contributed by atoms with Crippen molar-refractivity contribution in [3.63, 3.8) is 0 Å². The maximum atomic E-state index is 12.6. The molecule has 2 atom stereocenters. The lowest BCUT2D eigenvalue weighted by molar-refractivity contribution is -0.138. The van der Waals surface area contributed by atoms with Crippen LogP contribution in [-0.4, -0.2) is 64.8 Å². The molecule has 0 radical (unpaired) electrons. The summed E-state index contributed by atoms with van der Waals surface area (Å²) in [7, 11) is 0. The average Bonchev–Trinajstić information content (AvgIpc) is 3.11. The van der Waals surface area contributed by atoms with Crippen LogP contribution in [0.15, 0.2) is 0 Å². The highest BCUT2D eigenvalue weighted by atomic mass is 16.5. The molecule has 19 heavy (non-hydrogen) atoms. The highest BCUT2D eigenvalue weighted by Crippen LogP contribution is 2.33. The van der Waals surface area contributed by atoms with Gasteiger partial charge < -0.3 is 19.6 Å². The number of nitrogens with zero attached hydrogens (tertiary/aromatic N) is 2. The molecular formula is C13H20N2O4. The zero-order valence-electron chi connectivity index (χ0n) is 11.0. The van der Waals surface area contributed by atoms with Gasteiger partial charge in [0, 0.05) is 12.6 Å². The van der Waals surface area contributed by atoms with E-state index < -0.39 is 5.97 Å². The van der Waals surface area contributed by atoms with Gasteiger partial charge >= 0.3 is 12.0 Å². The predicted octanol–water partition coefficient (Wildman–Crippen LogP) is 0.909. The number of ether oxygens (including phenoxy) is 1. The van der Waals surface area contributed by atoms with Gasteiger partial charge in [0.15, 0.2) is 0 Å². The minimum Gasteiger partial charge on any atom is -0.480 e. The fourth-order valence-corrected chi connectivity index (χ4v) is 3.21. The monoisotopic (exact) mass is 268 g/mol. The number of carbonyl (C=O) groups excluding carboxylic acids is 1. The number of carboxylic acids is 1. The van der Waals surface area contributed by atoms with Crippen molar-refractivity contribution in [1.29, 1.82) is 0 Å². The van der Waals surface area contributed by atoms with Gasteiger partial charge in [-0.1, -0.05) is 0 Å². The summed E-state index contributed by atoms with van der Waals surface area (Å²) in [5.41, 5.74) is 0. The molecule has 1 aliphatic heterocycles. The van der Waals surface area contributed by atoms with E-state index in [0.717, 1.165) is 32.1 Å². The molecule has 106 valence electrons. The van der Waals surface area contributed by atoms with Crippen LogP contribution in [0.3, 0.4) is 0 Å². The molecule has 3 fully saturated rings. The van der Waals surface area contributed by atoms with Gasteiger partial charge in [-0.25, -0.2) is 4.79 Å². The third-order valence-corrected chi connectivity index (χ3v) is 4.27. The van der Waals surface area contributed by atoms with Gasteiger partial charge in [-0.2, -0.15) is 0 Å². The van der Waals surface area contributed by atoms with Gasteiger partial charge in [0.2, 0.25) is 0 Å². The van der Waals surface area contributed by atoms with Crippen molar-refractivity contribution >= 4 is 12.0 Å². The zero-order valence-corrected chi connectivity index (χ0v) is 11.0. The number of rotatable bonds is 3. The van der Waals surface area contributed by atoms with Crippen molar-refractivity contribution in [2.45, 2.75) is 50.3 Å². The first-order valence-electron chi connectivity index (χ1n) is 7.07. The molecule has 0 aromatic carbocycles. The molecule has 1 N–H and O–H groups in total. The summed E-state index contributed by atoms with van der Waals surface area (Å²) in [5, 5.41) is 8.96. The summed E-state index contributed by atoms with van der Waals surface area (Å²) >= 11 is 0. The molecule has 1 heterocycles. The van der Waals surface area contributed by atoms with E-state index in [4.69, 9.17) is 9.84 Å². The summed E-state index contributed by atoms with van der Waals surface area (Å²) in [6.45, 7) is 0.972. The Morgan fingerprint density at radius 2 is 2.05 bits per heavy atom. The first-order chi connectivity index (χ1) is 9.16. The number of fused-ring (bicyclic) bond motifs is 1. The second kappa shape index (κ2) is 5.00. The third kappa shape index (κ3) is 2.54. The summed E-state index contributed by atoms with van der Waals surface area (Å²) in [6, 6.07) is 0.174. The standard InChI is InChI=1S/C13H20N2O4/c16-12(17)8-15(9-4-5-9)13(18)14-6-7-19-11-3-1-2-10(11)14/h9-11H,1-8H2,(H,16,17). The molecule has 2 saturated carbocycles. The predicted molar refractivity (Wildman–Crippen MR) is 66.8 cm³/mol. The number of amides is 2. The molecule has 2 unspecified atom stereocenters.